The lowest BCUT2D eigenvalue weighted by Crippen LogP contribution is -2.53. The summed E-state index contributed by atoms with van der Waals surface area (Å²) in [5, 5.41) is 11.3. The Hall–Kier alpha value is -1.02. The van der Waals surface area contributed by atoms with Gasteiger partial charge in [-0.3, -0.25) is 0 Å². The fraction of sp³-hybridized carbons (Fsp3) is 0.760. The lowest BCUT2D eigenvalue weighted by molar-refractivity contribution is -0.119. The van der Waals surface area contributed by atoms with Crippen LogP contribution in [-0.2, 0) is 0 Å². The second kappa shape index (κ2) is 6.24. The number of aryl methyl sites for hydroxylation is 1. The molecule has 1 aromatic heterocycles. The van der Waals surface area contributed by atoms with Crippen LogP contribution in [0.4, 0.5) is 0 Å². The van der Waals surface area contributed by atoms with Gasteiger partial charge in [-0.2, -0.15) is 0 Å². The van der Waals surface area contributed by atoms with Gasteiger partial charge in [0, 0.05) is 5.41 Å². The summed E-state index contributed by atoms with van der Waals surface area (Å²) in [4.78, 5) is 0. The van der Waals surface area contributed by atoms with E-state index in [9.17, 15) is 5.11 Å². The molecule has 0 bridgehead atoms. The minimum atomic E-state index is -0.300. The highest BCUT2D eigenvalue weighted by Gasteiger charge is 2.60. The Morgan fingerprint density at radius 2 is 1.85 bits per heavy atom. The predicted octanol–water partition coefficient (Wildman–Crippen LogP) is 6.38. The number of aliphatic hydroxyl groups excluding tert-OH is 1. The minimum absolute atomic E-state index is 0.0620. The molecule has 4 aliphatic carbocycles. The predicted molar refractivity (Wildman–Crippen MR) is 109 cm³/mol. The molecule has 4 aliphatic rings. The molecule has 0 aromatic carbocycles. The van der Waals surface area contributed by atoms with Gasteiger partial charge in [0.15, 0.2) is 0 Å². The number of rotatable bonds is 1. The molecular weight excluding hydrogens is 332 g/mol. The largest absolute Gasteiger partial charge is 0.462 e. The van der Waals surface area contributed by atoms with E-state index in [1.807, 2.05) is 19.1 Å². The molecule has 2 nitrogen and oxygen atoms in total. The van der Waals surface area contributed by atoms with Gasteiger partial charge in [-0.25, -0.2) is 0 Å². The summed E-state index contributed by atoms with van der Waals surface area (Å²) in [5.74, 6) is 5.15. The Labute approximate surface area is 164 Å². The highest BCUT2D eigenvalue weighted by atomic mass is 16.3. The van der Waals surface area contributed by atoms with Crippen molar-refractivity contribution in [1.29, 1.82) is 0 Å². The van der Waals surface area contributed by atoms with Gasteiger partial charge in [-0.05, 0) is 105 Å². The van der Waals surface area contributed by atoms with E-state index < -0.39 is 0 Å². The van der Waals surface area contributed by atoms with E-state index in [0.717, 1.165) is 35.7 Å². The van der Waals surface area contributed by atoms with Crippen molar-refractivity contribution in [3.8, 4) is 0 Å². The van der Waals surface area contributed by atoms with Crippen LogP contribution >= 0.6 is 0 Å². The fourth-order valence-corrected chi connectivity index (χ4v) is 8.01. The molecule has 0 radical (unpaired) electrons. The zero-order chi connectivity index (χ0) is 18.8. The molecule has 4 fully saturated rings. The average molecular weight is 369 g/mol. The third-order valence-corrected chi connectivity index (χ3v) is 9.54. The molecular formula is C25H36O2. The maximum atomic E-state index is 11.3. The van der Waals surface area contributed by atoms with Gasteiger partial charge < -0.3 is 9.52 Å². The van der Waals surface area contributed by atoms with Crippen LogP contribution < -0.4 is 0 Å². The molecule has 148 valence electrons. The van der Waals surface area contributed by atoms with Gasteiger partial charge in [-0.15, -0.1) is 0 Å². The van der Waals surface area contributed by atoms with Crippen molar-refractivity contribution in [2.45, 2.75) is 84.7 Å². The Morgan fingerprint density at radius 1 is 1.00 bits per heavy atom. The van der Waals surface area contributed by atoms with Gasteiger partial charge in [0.1, 0.15) is 11.5 Å². The van der Waals surface area contributed by atoms with Crippen LogP contribution in [0.1, 0.15) is 83.2 Å². The topological polar surface area (TPSA) is 33.4 Å². The van der Waals surface area contributed by atoms with Crippen molar-refractivity contribution in [2.75, 3.05) is 0 Å². The van der Waals surface area contributed by atoms with Crippen LogP contribution in [0, 0.1) is 41.4 Å². The molecule has 0 spiro atoms. The molecule has 0 unspecified atom stereocenters. The maximum Gasteiger partial charge on any atom is 0.127 e. The van der Waals surface area contributed by atoms with Gasteiger partial charge in [0.05, 0.1) is 6.10 Å². The average Bonchev–Trinajstić information content (AvgIpc) is 3.16. The second-order valence-electron chi connectivity index (χ2n) is 10.7. The van der Waals surface area contributed by atoms with E-state index in [4.69, 9.17) is 4.42 Å². The first kappa shape index (κ1) is 18.0. The van der Waals surface area contributed by atoms with Gasteiger partial charge >= 0.3 is 0 Å². The molecule has 5 rings (SSSR count). The molecule has 4 saturated carbocycles. The summed E-state index contributed by atoms with van der Waals surface area (Å²) in [6.07, 6.45) is 14.0. The molecule has 0 aliphatic heterocycles. The van der Waals surface area contributed by atoms with Crippen molar-refractivity contribution < 1.29 is 9.52 Å². The van der Waals surface area contributed by atoms with Crippen LogP contribution in [0.5, 0.6) is 0 Å². The smallest absolute Gasteiger partial charge is 0.127 e. The van der Waals surface area contributed by atoms with E-state index in [1.165, 1.54) is 56.9 Å². The summed E-state index contributed by atoms with van der Waals surface area (Å²) in [5.41, 5.74) is 1.85. The lowest BCUT2D eigenvalue weighted by Gasteiger charge is -2.60. The maximum absolute atomic E-state index is 11.3. The molecule has 0 saturated heterocycles. The van der Waals surface area contributed by atoms with Crippen LogP contribution in [0.2, 0.25) is 0 Å². The van der Waals surface area contributed by atoms with Crippen LogP contribution in [0.3, 0.4) is 0 Å². The highest BCUT2D eigenvalue weighted by molar-refractivity contribution is 5.51. The third kappa shape index (κ3) is 2.62. The quantitative estimate of drug-likeness (QED) is 0.624. The normalized spacial score (nSPS) is 48.1. The number of hydrogen-bond donors (Lipinski definition) is 1. The van der Waals surface area contributed by atoms with Crippen LogP contribution in [0.15, 0.2) is 22.1 Å². The van der Waals surface area contributed by atoms with Crippen molar-refractivity contribution in [2.24, 2.45) is 34.5 Å². The SMILES string of the molecule is Cc1ccc(/C=C2/C[C@@H]3[C@H]4CC[C@H]5CCCC[C@]5(C)[C@@H]4CC[C@]3(C)[C@H]2O)o1. The molecule has 1 aromatic rings. The van der Waals surface area contributed by atoms with Crippen LogP contribution in [-0.4, -0.2) is 11.2 Å². The Balaban J connectivity index is 1.45. The molecule has 0 amide bonds. The zero-order valence-electron chi connectivity index (χ0n) is 17.3. The summed E-state index contributed by atoms with van der Waals surface area (Å²) >= 11 is 0. The van der Waals surface area contributed by atoms with E-state index in [2.05, 4.69) is 19.9 Å². The van der Waals surface area contributed by atoms with E-state index >= 15 is 0 Å². The molecule has 7 atom stereocenters. The summed E-state index contributed by atoms with van der Waals surface area (Å²) in [6.45, 7) is 6.99. The summed E-state index contributed by atoms with van der Waals surface area (Å²) < 4.78 is 5.79. The number of aliphatic hydroxyl groups is 1. The lowest BCUT2D eigenvalue weighted by atomic mass is 9.45. The molecule has 1 heterocycles. The first-order valence-corrected chi connectivity index (χ1v) is 11.4. The highest BCUT2D eigenvalue weighted by Crippen LogP contribution is 2.67. The Kier molecular flexibility index (Phi) is 4.17. The van der Waals surface area contributed by atoms with E-state index in [1.54, 1.807) is 0 Å². The first-order chi connectivity index (χ1) is 12.9. The van der Waals surface area contributed by atoms with E-state index in [-0.39, 0.29) is 11.5 Å². The Morgan fingerprint density at radius 3 is 2.63 bits per heavy atom. The summed E-state index contributed by atoms with van der Waals surface area (Å²) in [6, 6.07) is 4.06. The van der Waals surface area contributed by atoms with Gasteiger partial charge in [-0.1, -0.05) is 26.7 Å². The Bertz CT molecular complexity index is 745. The van der Waals surface area contributed by atoms with Crippen molar-refractivity contribution in [3.63, 3.8) is 0 Å². The molecule has 2 heteroatoms. The minimum Gasteiger partial charge on any atom is -0.462 e. The van der Waals surface area contributed by atoms with Gasteiger partial charge in [0.25, 0.3) is 0 Å². The fourth-order valence-electron chi connectivity index (χ4n) is 8.01. The monoisotopic (exact) mass is 368 g/mol. The number of furan rings is 1. The zero-order valence-corrected chi connectivity index (χ0v) is 17.3. The number of fused-ring (bicyclic) bond motifs is 5. The van der Waals surface area contributed by atoms with Crippen molar-refractivity contribution in [3.05, 3.63) is 29.2 Å². The molecule has 27 heavy (non-hydrogen) atoms. The van der Waals surface area contributed by atoms with E-state index in [0.29, 0.717) is 11.3 Å². The second-order valence-corrected chi connectivity index (χ2v) is 10.7. The van der Waals surface area contributed by atoms with Crippen molar-refractivity contribution >= 4 is 6.08 Å². The van der Waals surface area contributed by atoms with Gasteiger partial charge in [0.2, 0.25) is 0 Å². The number of hydrogen-bond acceptors (Lipinski definition) is 2. The third-order valence-electron chi connectivity index (χ3n) is 9.54. The van der Waals surface area contributed by atoms with Crippen LogP contribution in [0.25, 0.3) is 6.08 Å². The summed E-state index contributed by atoms with van der Waals surface area (Å²) in [7, 11) is 0. The molecule has 1 N–H and O–H groups in total. The van der Waals surface area contributed by atoms with Crippen molar-refractivity contribution in [1.82, 2.24) is 0 Å². The first-order valence-electron chi connectivity index (χ1n) is 11.4. The standard InChI is InChI=1S/C25H36O2/c1-16-7-9-19(27-16)14-17-15-22-20-10-8-18-6-4-5-12-24(18,2)21(20)11-13-25(22,3)23(17)26/h7,9,14,18,20-23,26H,4-6,8,10-13,15H2,1-3H3/b17-14-/t18-,20+,21-,22-,23+,24+,25+/m1/s1.